The fraction of sp³-hybridized carbons (Fsp3) is 0.571. The summed E-state index contributed by atoms with van der Waals surface area (Å²) in [6.07, 6.45) is 1.59. The van der Waals surface area contributed by atoms with Crippen molar-refractivity contribution in [1.29, 1.82) is 0 Å². The van der Waals surface area contributed by atoms with Crippen molar-refractivity contribution >= 4 is 21.4 Å². The van der Waals surface area contributed by atoms with Crippen molar-refractivity contribution in [3.8, 4) is 0 Å². The van der Waals surface area contributed by atoms with E-state index >= 15 is 0 Å². The highest BCUT2D eigenvalue weighted by Gasteiger charge is 2.26. The smallest absolute Gasteiger partial charge is 0.244 e. The molecule has 0 unspecified atom stereocenters. The second-order valence-corrected chi connectivity index (χ2v) is 7.81. The molecule has 1 aromatic rings. The number of hydrogen-bond acceptors (Lipinski definition) is 5. The summed E-state index contributed by atoms with van der Waals surface area (Å²) in [5.74, 6) is 0. The molecule has 0 saturated heterocycles. The number of ether oxygens (including phenoxy) is 1. The Balaban J connectivity index is 3.03. The summed E-state index contributed by atoms with van der Waals surface area (Å²) in [4.78, 5) is 2.23. The van der Waals surface area contributed by atoms with Gasteiger partial charge in [-0.05, 0) is 19.5 Å². The van der Waals surface area contributed by atoms with Gasteiger partial charge in [0.05, 0.1) is 11.5 Å². The maximum Gasteiger partial charge on any atom is 0.244 e. The van der Waals surface area contributed by atoms with Crippen LogP contribution in [0.15, 0.2) is 23.6 Å². The van der Waals surface area contributed by atoms with Crippen LogP contribution in [-0.4, -0.2) is 46.1 Å². The Morgan fingerprint density at radius 2 is 2.24 bits per heavy atom. The normalized spacial score (nSPS) is 12.0. The van der Waals surface area contributed by atoms with Gasteiger partial charge in [-0.15, -0.1) is 17.9 Å². The highest BCUT2D eigenvalue weighted by Crippen LogP contribution is 2.28. The van der Waals surface area contributed by atoms with Gasteiger partial charge in [-0.3, -0.25) is 0 Å². The number of methoxy groups -OCH3 is 1. The lowest BCUT2D eigenvalue weighted by molar-refractivity contribution is 0.182. The molecule has 21 heavy (non-hydrogen) atoms. The Hall–Kier alpha value is -0.730. The van der Waals surface area contributed by atoms with Gasteiger partial charge in [-0.1, -0.05) is 13.0 Å². The standard InChI is InChI=1S/C14H24N2O3S2/c1-5-7-16(8-9-19-4)21(17,18)14-10-13(11-15-6-2)20-12(14)3/h5,10,15H,1,6-9,11H2,2-4H3. The molecule has 1 heterocycles. The van der Waals surface area contributed by atoms with E-state index in [0.717, 1.165) is 16.3 Å². The van der Waals surface area contributed by atoms with Crippen LogP contribution in [0.4, 0.5) is 0 Å². The van der Waals surface area contributed by atoms with Crippen LogP contribution >= 0.6 is 11.3 Å². The Morgan fingerprint density at radius 3 is 2.81 bits per heavy atom. The van der Waals surface area contributed by atoms with Crippen LogP contribution in [0.2, 0.25) is 0 Å². The summed E-state index contributed by atoms with van der Waals surface area (Å²) < 4.78 is 31.9. The fourth-order valence-electron chi connectivity index (χ4n) is 1.90. The van der Waals surface area contributed by atoms with Crippen LogP contribution < -0.4 is 5.32 Å². The molecule has 0 aliphatic rings. The molecule has 0 radical (unpaired) electrons. The van der Waals surface area contributed by atoms with E-state index in [1.807, 2.05) is 13.8 Å². The monoisotopic (exact) mass is 332 g/mol. The predicted molar refractivity (Wildman–Crippen MR) is 87.3 cm³/mol. The van der Waals surface area contributed by atoms with E-state index in [1.54, 1.807) is 19.3 Å². The predicted octanol–water partition coefficient (Wildman–Crippen LogP) is 1.99. The zero-order valence-corrected chi connectivity index (χ0v) is 14.5. The van der Waals surface area contributed by atoms with Crippen molar-refractivity contribution in [2.75, 3.05) is 33.4 Å². The van der Waals surface area contributed by atoms with Gasteiger partial charge in [0.25, 0.3) is 0 Å². The number of rotatable bonds is 10. The summed E-state index contributed by atoms with van der Waals surface area (Å²) in [6.45, 7) is 10.0. The first kappa shape index (κ1) is 18.3. The van der Waals surface area contributed by atoms with E-state index in [2.05, 4.69) is 11.9 Å². The van der Waals surface area contributed by atoms with Crippen molar-refractivity contribution in [3.63, 3.8) is 0 Å². The molecule has 7 heteroatoms. The summed E-state index contributed by atoms with van der Waals surface area (Å²) in [5, 5.41) is 3.21. The first-order chi connectivity index (χ1) is 9.97. The molecule has 0 spiro atoms. The number of hydrogen-bond donors (Lipinski definition) is 1. The largest absolute Gasteiger partial charge is 0.383 e. The molecule has 1 aromatic heterocycles. The van der Waals surface area contributed by atoms with Crippen LogP contribution in [0.3, 0.4) is 0 Å². The third-order valence-corrected chi connectivity index (χ3v) is 6.14. The number of aryl methyl sites for hydroxylation is 1. The maximum absolute atomic E-state index is 12.7. The quantitative estimate of drug-likeness (QED) is 0.666. The van der Waals surface area contributed by atoms with Crippen LogP contribution in [0.25, 0.3) is 0 Å². The van der Waals surface area contributed by atoms with E-state index in [0.29, 0.717) is 24.6 Å². The van der Waals surface area contributed by atoms with Gasteiger partial charge < -0.3 is 10.1 Å². The molecule has 0 fully saturated rings. The van der Waals surface area contributed by atoms with Crippen LogP contribution in [0.1, 0.15) is 16.7 Å². The lowest BCUT2D eigenvalue weighted by Gasteiger charge is -2.20. The molecule has 0 aromatic carbocycles. The van der Waals surface area contributed by atoms with Gasteiger partial charge in [-0.25, -0.2) is 8.42 Å². The van der Waals surface area contributed by atoms with Gasteiger partial charge in [0.15, 0.2) is 0 Å². The average Bonchev–Trinajstić information content (AvgIpc) is 2.82. The number of thiophene rings is 1. The molecular formula is C14H24N2O3S2. The van der Waals surface area contributed by atoms with Crippen molar-refractivity contribution in [3.05, 3.63) is 28.5 Å². The van der Waals surface area contributed by atoms with Crippen LogP contribution in [-0.2, 0) is 21.3 Å². The van der Waals surface area contributed by atoms with Gasteiger partial charge in [0.1, 0.15) is 0 Å². The zero-order valence-electron chi connectivity index (χ0n) is 12.9. The van der Waals surface area contributed by atoms with Gasteiger partial charge in [0.2, 0.25) is 10.0 Å². The SMILES string of the molecule is C=CCN(CCOC)S(=O)(=O)c1cc(CNCC)sc1C. The van der Waals surface area contributed by atoms with Crippen LogP contribution in [0, 0.1) is 6.92 Å². The van der Waals surface area contributed by atoms with Crippen molar-refractivity contribution in [1.82, 2.24) is 9.62 Å². The van der Waals surface area contributed by atoms with Crippen LogP contribution in [0.5, 0.6) is 0 Å². The molecule has 0 aliphatic heterocycles. The zero-order chi connectivity index (χ0) is 15.9. The maximum atomic E-state index is 12.7. The lowest BCUT2D eigenvalue weighted by atomic mass is 10.4. The molecule has 1 rings (SSSR count). The molecule has 0 aliphatic carbocycles. The summed E-state index contributed by atoms with van der Waals surface area (Å²) >= 11 is 1.52. The third kappa shape index (κ3) is 4.89. The molecular weight excluding hydrogens is 308 g/mol. The summed E-state index contributed by atoms with van der Waals surface area (Å²) in [7, 11) is -1.95. The molecule has 120 valence electrons. The van der Waals surface area contributed by atoms with Gasteiger partial charge >= 0.3 is 0 Å². The molecule has 5 nitrogen and oxygen atoms in total. The second-order valence-electron chi connectivity index (χ2n) is 4.56. The summed E-state index contributed by atoms with van der Waals surface area (Å²) in [6, 6.07) is 1.76. The molecule has 0 atom stereocenters. The summed E-state index contributed by atoms with van der Waals surface area (Å²) in [5.41, 5.74) is 0. The molecule has 0 saturated carbocycles. The molecule has 0 bridgehead atoms. The lowest BCUT2D eigenvalue weighted by Crippen LogP contribution is -2.34. The topological polar surface area (TPSA) is 58.6 Å². The number of nitrogens with zero attached hydrogens (tertiary/aromatic N) is 1. The van der Waals surface area contributed by atoms with E-state index in [1.165, 1.54) is 15.6 Å². The Bertz CT molecular complexity index is 553. The minimum Gasteiger partial charge on any atom is -0.383 e. The Labute approximate surface area is 131 Å². The average molecular weight is 332 g/mol. The van der Waals surface area contributed by atoms with E-state index in [9.17, 15) is 8.42 Å². The molecule has 0 amide bonds. The van der Waals surface area contributed by atoms with Crippen molar-refractivity contribution in [2.24, 2.45) is 0 Å². The van der Waals surface area contributed by atoms with Crippen molar-refractivity contribution < 1.29 is 13.2 Å². The first-order valence-corrected chi connectivity index (χ1v) is 9.13. The number of sulfonamides is 1. The second kappa shape index (κ2) is 8.65. The van der Waals surface area contributed by atoms with Crippen molar-refractivity contribution in [2.45, 2.75) is 25.3 Å². The molecule has 1 N–H and O–H groups in total. The van der Waals surface area contributed by atoms with E-state index in [-0.39, 0.29) is 6.54 Å². The van der Waals surface area contributed by atoms with E-state index in [4.69, 9.17) is 4.74 Å². The Morgan fingerprint density at radius 1 is 1.52 bits per heavy atom. The minimum atomic E-state index is -3.51. The minimum absolute atomic E-state index is 0.281. The number of nitrogens with one attached hydrogen (secondary N) is 1. The van der Waals surface area contributed by atoms with Gasteiger partial charge in [0, 0.05) is 36.5 Å². The highest BCUT2D eigenvalue weighted by atomic mass is 32.2. The highest BCUT2D eigenvalue weighted by molar-refractivity contribution is 7.89. The fourth-order valence-corrected chi connectivity index (χ4v) is 4.87. The Kier molecular flexibility index (Phi) is 7.55. The third-order valence-electron chi connectivity index (χ3n) is 2.97. The van der Waals surface area contributed by atoms with Gasteiger partial charge in [-0.2, -0.15) is 4.31 Å². The van der Waals surface area contributed by atoms with E-state index < -0.39 is 10.0 Å². The first-order valence-electron chi connectivity index (χ1n) is 6.87.